The van der Waals surface area contributed by atoms with E-state index < -0.39 is 9.84 Å². The van der Waals surface area contributed by atoms with Crippen molar-refractivity contribution in [3.63, 3.8) is 0 Å². The summed E-state index contributed by atoms with van der Waals surface area (Å²) in [5.41, 5.74) is 0. The topological polar surface area (TPSA) is 51.2 Å². The van der Waals surface area contributed by atoms with E-state index in [0.29, 0.717) is 18.6 Å². The fourth-order valence-electron chi connectivity index (χ4n) is 3.68. The third-order valence-electron chi connectivity index (χ3n) is 4.96. The SMILES string of the molecule is CS(=O)(=O)C1CCCC(C(=O)CCC2CCCC2)C1. The predicted molar refractivity (Wildman–Crippen MR) is 76.8 cm³/mol. The van der Waals surface area contributed by atoms with Gasteiger partial charge in [0.15, 0.2) is 0 Å². The number of carbonyl (C=O) groups is 1. The van der Waals surface area contributed by atoms with Gasteiger partial charge in [0, 0.05) is 18.6 Å². The Bertz CT molecular complexity index is 407. The maximum atomic E-state index is 12.2. The van der Waals surface area contributed by atoms with Crippen molar-refractivity contribution in [3.05, 3.63) is 0 Å². The lowest BCUT2D eigenvalue weighted by atomic mass is 9.83. The van der Waals surface area contributed by atoms with Gasteiger partial charge in [-0.15, -0.1) is 0 Å². The van der Waals surface area contributed by atoms with E-state index in [1.54, 1.807) is 0 Å². The van der Waals surface area contributed by atoms with Gasteiger partial charge in [0.05, 0.1) is 5.25 Å². The van der Waals surface area contributed by atoms with Crippen molar-refractivity contribution in [2.45, 2.75) is 69.5 Å². The quantitative estimate of drug-likeness (QED) is 0.780. The number of rotatable bonds is 5. The molecule has 2 aliphatic carbocycles. The first-order valence-corrected chi connectivity index (χ1v) is 9.64. The van der Waals surface area contributed by atoms with E-state index in [0.717, 1.165) is 31.6 Å². The molecule has 0 heterocycles. The molecule has 0 spiro atoms. The number of ketones is 1. The third-order valence-corrected chi connectivity index (χ3v) is 6.60. The van der Waals surface area contributed by atoms with Crippen molar-refractivity contribution in [1.82, 2.24) is 0 Å². The molecule has 3 nitrogen and oxygen atoms in total. The fraction of sp³-hybridized carbons (Fsp3) is 0.933. The average Bonchev–Trinajstić information content (AvgIpc) is 2.88. The van der Waals surface area contributed by atoms with E-state index in [9.17, 15) is 13.2 Å². The van der Waals surface area contributed by atoms with E-state index in [4.69, 9.17) is 0 Å². The molecule has 4 heteroatoms. The molecule has 2 aliphatic rings. The Morgan fingerprint density at radius 3 is 2.37 bits per heavy atom. The number of Topliss-reactive ketones (excluding diaryl/α,β-unsaturated/α-hetero) is 1. The summed E-state index contributed by atoms with van der Waals surface area (Å²) >= 11 is 0. The molecule has 0 aromatic rings. The molecule has 0 aromatic carbocycles. The molecule has 2 saturated carbocycles. The van der Waals surface area contributed by atoms with Crippen LogP contribution in [0.1, 0.15) is 64.2 Å². The van der Waals surface area contributed by atoms with Crippen LogP contribution in [0, 0.1) is 11.8 Å². The van der Waals surface area contributed by atoms with Gasteiger partial charge in [-0.05, 0) is 31.6 Å². The molecule has 2 unspecified atom stereocenters. The van der Waals surface area contributed by atoms with Crippen LogP contribution in [0.3, 0.4) is 0 Å². The lowest BCUT2D eigenvalue weighted by molar-refractivity contribution is -0.124. The monoisotopic (exact) mass is 286 g/mol. The van der Waals surface area contributed by atoms with Gasteiger partial charge in [-0.25, -0.2) is 8.42 Å². The van der Waals surface area contributed by atoms with Crippen LogP contribution in [0.15, 0.2) is 0 Å². The zero-order chi connectivity index (χ0) is 13.9. The van der Waals surface area contributed by atoms with Crippen LogP contribution in [0.2, 0.25) is 0 Å². The summed E-state index contributed by atoms with van der Waals surface area (Å²) in [6.07, 6.45) is 11.3. The van der Waals surface area contributed by atoms with Crippen LogP contribution >= 0.6 is 0 Å². The van der Waals surface area contributed by atoms with Gasteiger partial charge in [0.1, 0.15) is 15.6 Å². The van der Waals surface area contributed by atoms with E-state index in [2.05, 4.69) is 0 Å². The molecule has 0 aromatic heterocycles. The summed E-state index contributed by atoms with van der Waals surface area (Å²) in [6, 6.07) is 0. The first-order chi connectivity index (χ1) is 8.97. The zero-order valence-corrected chi connectivity index (χ0v) is 12.8. The van der Waals surface area contributed by atoms with Crippen LogP contribution in [0.4, 0.5) is 0 Å². The molecular formula is C15H26O3S. The summed E-state index contributed by atoms with van der Waals surface area (Å²) < 4.78 is 23.2. The Kier molecular flexibility index (Phi) is 5.04. The van der Waals surface area contributed by atoms with Crippen molar-refractivity contribution in [2.75, 3.05) is 6.26 Å². The Morgan fingerprint density at radius 2 is 1.74 bits per heavy atom. The summed E-state index contributed by atoms with van der Waals surface area (Å²) in [7, 11) is -2.98. The highest BCUT2D eigenvalue weighted by atomic mass is 32.2. The summed E-state index contributed by atoms with van der Waals surface area (Å²) in [4.78, 5) is 12.2. The number of carbonyl (C=O) groups excluding carboxylic acids is 1. The van der Waals surface area contributed by atoms with Gasteiger partial charge in [-0.1, -0.05) is 32.1 Å². The summed E-state index contributed by atoms with van der Waals surface area (Å²) in [5, 5.41) is -0.276. The fourth-order valence-corrected chi connectivity index (χ4v) is 4.85. The van der Waals surface area contributed by atoms with Gasteiger partial charge < -0.3 is 0 Å². The molecule has 0 bridgehead atoms. The number of hydrogen-bond donors (Lipinski definition) is 0. The van der Waals surface area contributed by atoms with E-state index in [1.807, 2.05) is 0 Å². The predicted octanol–water partition coefficient (Wildman–Crippen LogP) is 3.13. The number of sulfone groups is 1. The Morgan fingerprint density at radius 1 is 1.05 bits per heavy atom. The molecule has 110 valence electrons. The van der Waals surface area contributed by atoms with Crippen molar-refractivity contribution >= 4 is 15.6 Å². The zero-order valence-electron chi connectivity index (χ0n) is 11.9. The normalized spacial score (nSPS) is 29.5. The van der Waals surface area contributed by atoms with Crippen LogP contribution in [-0.4, -0.2) is 25.7 Å². The molecule has 2 fully saturated rings. The molecule has 2 rings (SSSR count). The molecule has 2 atom stereocenters. The molecule has 0 aliphatic heterocycles. The van der Waals surface area contributed by atoms with Crippen molar-refractivity contribution in [3.8, 4) is 0 Å². The lowest BCUT2D eigenvalue weighted by Gasteiger charge is -2.27. The van der Waals surface area contributed by atoms with Crippen molar-refractivity contribution in [2.24, 2.45) is 11.8 Å². The highest BCUT2D eigenvalue weighted by molar-refractivity contribution is 7.91. The van der Waals surface area contributed by atoms with E-state index in [-0.39, 0.29) is 11.2 Å². The highest BCUT2D eigenvalue weighted by Gasteiger charge is 2.32. The standard InChI is InChI=1S/C15H26O3S/c1-19(17,18)14-8-4-7-13(11-14)15(16)10-9-12-5-2-3-6-12/h12-14H,2-11H2,1H3. The molecule has 0 amide bonds. The number of hydrogen-bond acceptors (Lipinski definition) is 3. The first kappa shape index (κ1) is 15.0. The minimum absolute atomic E-state index is 0.00915. The highest BCUT2D eigenvalue weighted by Crippen LogP contribution is 2.32. The summed E-state index contributed by atoms with van der Waals surface area (Å²) in [5.74, 6) is 1.08. The minimum atomic E-state index is -2.98. The average molecular weight is 286 g/mol. The lowest BCUT2D eigenvalue weighted by Crippen LogP contribution is -2.31. The minimum Gasteiger partial charge on any atom is -0.299 e. The van der Waals surface area contributed by atoms with Gasteiger partial charge in [0.25, 0.3) is 0 Å². The summed E-state index contributed by atoms with van der Waals surface area (Å²) in [6.45, 7) is 0. The van der Waals surface area contributed by atoms with Gasteiger partial charge in [0.2, 0.25) is 0 Å². The van der Waals surface area contributed by atoms with E-state index in [1.165, 1.54) is 31.9 Å². The van der Waals surface area contributed by atoms with Crippen LogP contribution in [-0.2, 0) is 14.6 Å². The second-order valence-corrected chi connectivity index (χ2v) is 8.80. The second-order valence-electron chi connectivity index (χ2n) is 6.47. The Balaban J connectivity index is 1.81. The van der Waals surface area contributed by atoms with Gasteiger partial charge in [-0.3, -0.25) is 4.79 Å². The Labute approximate surface area is 117 Å². The maximum absolute atomic E-state index is 12.2. The van der Waals surface area contributed by atoms with Crippen LogP contribution in [0.5, 0.6) is 0 Å². The van der Waals surface area contributed by atoms with Gasteiger partial charge >= 0.3 is 0 Å². The Hall–Kier alpha value is -0.380. The van der Waals surface area contributed by atoms with Crippen molar-refractivity contribution < 1.29 is 13.2 Å². The van der Waals surface area contributed by atoms with E-state index >= 15 is 0 Å². The third kappa shape index (κ3) is 4.30. The largest absolute Gasteiger partial charge is 0.299 e. The second kappa shape index (κ2) is 6.38. The molecule has 0 N–H and O–H groups in total. The smallest absolute Gasteiger partial charge is 0.150 e. The van der Waals surface area contributed by atoms with Crippen LogP contribution < -0.4 is 0 Å². The molecule has 0 saturated heterocycles. The maximum Gasteiger partial charge on any atom is 0.150 e. The molecular weight excluding hydrogens is 260 g/mol. The van der Waals surface area contributed by atoms with Gasteiger partial charge in [-0.2, -0.15) is 0 Å². The first-order valence-electron chi connectivity index (χ1n) is 7.68. The van der Waals surface area contributed by atoms with Crippen LogP contribution in [0.25, 0.3) is 0 Å². The molecule has 19 heavy (non-hydrogen) atoms. The molecule has 0 radical (unpaired) electrons. The van der Waals surface area contributed by atoms with Crippen molar-refractivity contribution in [1.29, 1.82) is 0 Å².